The summed E-state index contributed by atoms with van der Waals surface area (Å²) in [5.41, 5.74) is 0. The molecule has 3 rings (SSSR count). The number of hydrogen-bond acceptors (Lipinski definition) is 4. The highest BCUT2D eigenvalue weighted by molar-refractivity contribution is 6.12. The maximum absolute atomic E-state index is 12.6. The molecule has 0 aliphatic carbocycles. The van der Waals surface area contributed by atoms with Crippen LogP contribution in [0.4, 0.5) is 17.6 Å². The summed E-state index contributed by atoms with van der Waals surface area (Å²) in [6, 6.07) is 11.9. The molecule has 3 aromatic rings. The van der Waals surface area contributed by atoms with Crippen LogP contribution in [0.3, 0.4) is 0 Å². The Morgan fingerprint density at radius 3 is 1.12 bits per heavy atom. The van der Waals surface area contributed by atoms with E-state index in [0.717, 1.165) is 0 Å². The average molecular weight is 366 g/mol. The standard InChI is InChI=1S/C18H10F4O4/c19-15(20)17(23)25-13-9-5-1-2-6-10(9)14(26-18(24)16(21)22)12-8-4-3-7-11(12)13/h1-8,15-16H. The van der Waals surface area contributed by atoms with E-state index < -0.39 is 24.8 Å². The van der Waals surface area contributed by atoms with Gasteiger partial charge in [0.1, 0.15) is 11.5 Å². The summed E-state index contributed by atoms with van der Waals surface area (Å²) >= 11 is 0. The Hall–Kier alpha value is -3.16. The number of ether oxygens (including phenoxy) is 2. The van der Waals surface area contributed by atoms with Gasteiger partial charge in [-0.3, -0.25) is 0 Å². The van der Waals surface area contributed by atoms with Crippen molar-refractivity contribution < 1.29 is 36.6 Å². The zero-order valence-corrected chi connectivity index (χ0v) is 12.9. The number of hydrogen-bond donors (Lipinski definition) is 0. The molecule has 0 aliphatic heterocycles. The fourth-order valence-electron chi connectivity index (χ4n) is 2.56. The van der Waals surface area contributed by atoms with Gasteiger partial charge in [-0.25, -0.2) is 9.59 Å². The van der Waals surface area contributed by atoms with Crippen molar-refractivity contribution in [3.63, 3.8) is 0 Å². The fraction of sp³-hybridized carbons (Fsp3) is 0.111. The zero-order valence-electron chi connectivity index (χ0n) is 12.9. The second kappa shape index (κ2) is 6.99. The van der Waals surface area contributed by atoms with E-state index in [-0.39, 0.29) is 33.0 Å². The Balaban J connectivity index is 2.31. The number of rotatable bonds is 4. The average Bonchev–Trinajstić information content (AvgIpc) is 2.63. The molecule has 0 saturated carbocycles. The molecule has 0 heterocycles. The van der Waals surface area contributed by atoms with Gasteiger partial charge in [0.2, 0.25) is 0 Å². The first-order valence-electron chi connectivity index (χ1n) is 7.33. The summed E-state index contributed by atoms with van der Waals surface area (Å²) in [4.78, 5) is 22.8. The second-order valence-electron chi connectivity index (χ2n) is 5.19. The van der Waals surface area contributed by atoms with Gasteiger partial charge in [0, 0.05) is 21.5 Å². The molecule has 0 bridgehead atoms. The molecule has 0 fully saturated rings. The van der Waals surface area contributed by atoms with E-state index in [2.05, 4.69) is 0 Å². The molecule has 0 amide bonds. The fourth-order valence-corrected chi connectivity index (χ4v) is 2.56. The van der Waals surface area contributed by atoms with E-state index >= 15 is 0 Å². The number of alkyl halides is 4. The third-order valence-corrected chi connectivity index (χ3v) is 3.59. The summed E-state index contributed by atoms with van der Waals surface area (Å²) in [7, 11) is 0. The van der Waals surface area contributed by atoms with E-state index in [1.165, 1.54) is 48.5 Å². The number of halogens is 4. The second-order valence-corrected chi connectivity index (χ2v) is 5.19. The number of fused-ring (bicyclic) bond motifs is 2. The van der Waals surface area contributed by atoms with Crippen LogP contribution in [0.5, 0.6) is 11.5 Å². The van der Waals surface area contributed by atoms with Crippen LogP contribution in [-0.2, 0) is 9.59 Å². The van der Waals surface area contributed by atoms with Gasteiger partial charge >= 0.3 is 24.8 Å². The van der Waals surface area contributed by atoms with Crippen molar-refractivity contribution >= 4 is 33.5 Å². The first-order chi connectivity index (χ1) is 12.4. The Bertz CT molecular complexity index is 864. The van der Waals surface area contributed by atoms with Crippen LogP contribution in [0.1, 0.15) is 0 Å². The lowest BCUT2D eigenvalue weighted by Gasteiger charge is -2.16. The largest absolute Gasteiger partial charge is 0.421 e. The van der Waals surface area contributed by atoms with Gasteiger partial charge in [-0.15, -0.1) is 0 Å². The molecule has 0 spiro atoms. The van der Waals surface area contributed by atoms with Crippen LogP contribution >= 0.6 is 0 Å². The third-order valence-electron chi connectivity index (χ3n) is 3.59. The molecule has 0 radical (unpaired) electrons. The molecule has 4 nitrogen and oxygen atoms in total. The van der Waals surface area contributed by atoms with E-state index in [9.17, 15) is 27.2 Å². The van der Waals surface area contributed by atoms with Gasteiger partial charge in [-0.1, -0.05) is 48.5 Å². The topological polar surface area (TPSA) is 52.6 Å². The van der Waals surface area contributed by atoms with Gasteiger partial charge in [0.15, 0.2) is 0 Å². The van der Waals surface area contributed by atoms with Gasteiger partial charge < -0.3 is 9.47 Å². The minimum atomic E-state index is -3.34. The van der Waals surface area contributed by atoms with Crippen LogP contribution in [0.25, 0.3) is 21.5 Å². The Morgan fingerprint density at radius 2 is 0.885 bits per heavy atom. The monoisotopic (exact) mass is 366 g/mol. The first kappa shape index (κ1) is 17.7. The molecule has 8 heteroatoms. The Kier molecular flexibility index (Phi) is 4.75. The van der Waals surface area contributed by atoms with Crippen molar-refractivity contribution in [1.82, 2.24) is 0 Å². The van der Waals surface area contributed by atoms with E-state index in [4.69, 9.17) is 9.47 Å². The van der Waals surface area contributed by atoms with Gasteiger partial charge in [-0.2, -0.15) is 17.6 Å². The molecule has 0 atom stereocenters. The molecule has 0 aliphatic rings. The van der Waals surface area contributed by atoms with Crippen molar-refractivity contribution in [1.29, 1.82) is 0 Å². The summed E-state index contributed by atoms with van der Waals surface area (Å²) < 4.78 is 60.2. The molecule has 3 aromatic carbocycles. The van der Waals surface area contributed by atoms with Crippen molar-refractivity contribution in [2.75, 3.05) is 0 Å². The first-order valence-corrected chi connectivity index (χ1v) is 7.33. The smallest absolute Gasteiger partial charge is 0.379 e. The molecule has 0 unspecified atom stereocenters. The summed E-state index contributed by atoms with van der Waals surface area (Å²) in [6.45, 7) is 0. The van der Waals surface area contributed by atoms with Crippen LogP contribution in [-0.4, -0.2) is 24.8 Å². The van der Waals surface area contributed by atoms with Crippen molar-refractivity contribution in [3.05, 3.63) is 48.5 Å². The predicted octanol–water partition coefficient (Wildman–Crippen LogP) is 4.33. The minimum Gasteiger partial charge on any atom is -0.421 e. The van der Waals surface area contributed by atoms with Crippen LogP contribution in [0, 0.1) is 0 Å². The quantitative estimate of drug-likeness (QED) is 0.298. The van der Waals surface area contributed by atoms with Crippen molar-refractivity contribution in [2.45, 2.75) is 12.9 Å². The molecule has 0 saturated heterocycles. The Labute approximate surface area is 143 Å². The lowest BCUT2D eigenvalue weighted by molar-refractivity contribution is -0.147. The highest BCUT2D eigenvalue weighted by atomic mass is 19.3. The predicted molar refractivity (Wildman–Crippen MR) is 84.7 cm³/mol. The minimum absolute atomic E-state index is 0.164. The SMILES string of the molecule is O=C(Oc1c2ccccc2c(OC(=O)C(F)F)c2ccccc12)C(F)F. The third kappa shape index (κ3) is 3.17. The van der Waals surface area contributed by atoms with Crippen molar-refractivity contribution in [2.24, 2.45) is 0 Å². The molecule has 0 N–H and O–H groups in total. The molecule has 0 aromatic heterocycles. The summed E-state index contributed by atoms with van der Waals surface area (Å²) in [6.07, 6.45) is -6.69. The van der Waals surface area contributed by atoms with Crippen LogP contribution < -0.4 is 9.47 Å². The Morgan fingerprint density at radius 1 is 0.615 bits per heavy atom. The maximum Gasteiger partial charge on any atom is 0.379 e. The molecular weight excluding hydrogens is 356 g/mol. The highest BCUT2D eigenvalue weighted by Crippen LogP contribution is 2.43. The molecule has 134 valence electrons. The summed E-state index contributed by atoms with van der Waals surface area (Å²) in [5.74, 6) is -3.84. The molecule has 26 heavy (non-hydrogen) atoms. The summed E-state index contributed by atoms with van der Waals surface area (Å²) in [5, 5.41) is 0.657. The highest BCUT2D eigenvalue weighted by Gasteiger charge is 2.25. The lowest BCUT2D eigenvalue weighted by atomic mass is 10.0. The maximum atomic E-state index is 12.6. The van der Waals surface area contributed by atoms with E-state index in [0.29, 0.717) is 0 Å². The number of esters is 2. The van der Waals surface area contributed by atoms with Crippen LogP contribution in [0.15, 0.2) is 48.5 Å². The van der Waals surface area contributed by atoms with E-state index in [1.54, 1.807) is 0 Å². The van der Waals surface area contributed by atoms with Crippen LogP contribution in [0.2, 0.25) is 0 Å². The number of benzene rings is 3. The normalized spacial score (nSPS) is 11.3. The van der Waals surface area contributed by atoms with Gasteiger partial charge in [-0.05, 0) is 0 Å². The zero-order chi connectivity index (χ0) is 18.8. The number of carbonyl (C=O) groups excluding carboxylic acids is 2. The van der Waals surface area contributed by atoms with Crippen molar-refractivity contribution in [3.8, 4) is 11.5 Å². The lowest BCUT2D eigenvalue weighted by Crippen LogP contribution is -2.19. The number of carbonyl (C=O) groups is 2. The van der Waals surface area contributed by atoms with Gasteiger partial charge in [0.05, 0.1) is 0 Å². The van der Waals surface area contributed by atoms with E-state index in [1.807, 2.05) is 0 Å². The van der Waals surface area contributed by atoms with Gasteiger partial charge in [0.25, 0.3) is 0 Å². The molecular formula is C18H10F4O4.